The maximum absolute atomic E-state index is 5.54. The number of aryl methyl sites for hydroxylation is 1. The average molecular weight is 363 g/mol. The fourth-order valence-electron chi connectivity index (χ4n) is 3.14. The topological polar surface area (TPSA) is 58.1 Å². The van der Waals surface area contributed by atoms with Crippen LogP contribution in [-0.2, 0) is 9.47 Å². The summed E-state index contributed by atoms with van der Waals surface area (Å²) in [6.07, 6.45) is 0.964. The number of rotatable bonds is 9. The zero-order valence-corrected chi connectivity index (χ0v) is 16.5. The molecular weight excluding hydrogens is 328 g/mol. The summed E-state index contributed by atoms with van der Waals surface area (Å²) in [6.45, 7) is 10.9. The van der Waals surface area contributed by atoms with Gasteiger partial charge in [0.1, 0.15) is 0 Å². The van der Waals surface area contributed by atoms with E-state index in [1.165, 1.54) is 11.1 Å². The van der Waals surface area contributed by atoms with E-state index in [1.807, 2.05) is 0 Å². The Kier molecular flexibility index (Phi) is 9.45. The van der Waals surface area contributed by atoms with E-state index in [9.17, 15) is 0 Å². The lowest BCUT2D eigenvalue weighted by molar-refractivity contribution is 0.0179. The number of aliphatic imine (C=N–C) groups is 1. The number of nitrogens with zero attached hydrogens (tertiary/aromatic N) is 2. The third-order valence-electron chi connectivity index (χ3n) is 4.50. The van der Waals surface area contributed by atoms with Crippen LogP contribution in [0, 0.1) is 6.92 Å². The molecule has 0 aromatic heterocycles. The van der Waals surface area contributed by atoms with Crippen molar-refractivity contribution in [1.82, 2.24) is 15.5 Å². The summed E-state index contributed by atoms with van der Waals surface area (Å²) < 4.78 is 10.6. The molecule has 1 aliphatic heterocycles. The molecule has 2 N–H and O–H groups in total. The summed E-state index contributed by atoms with van der Waals surface area (Å²) in [6, 6.07) is 9.03. The Morgan fingerprint density at radius 3 is 2.81 bits per heavy atom. The third kappa shape index (κ3) is 6.94. The van der Waals surface area contributed by atoms with Crippen LogP contribution in [-0.4, -0.2) is 70.5 Å². The number of hydrogen-bond acceptors (Lipinski definition) is 4. The second-order valence-corrected chi connectivity index (χ2v) is 6.57. The van der Waals surface area contributed by atoms with Gasteiger partial charge in [0.05, 0.1) is 25.8 Å². The van der Waals surface area contributed by atoms with Gasteiger partial charge < -0.3 is 20.1 Å². The number of guanidine groups is 1. The predicted octanol–water partition coefficient (Wildman–Crippen LogP) is 1.96. The van der Waals surface area contributed by atoms with Crippen LogP contribution in [0.3, 0.4) is 0 Å². The molecule has 1 aliphatic rings. The van der Waals surface area contributed by atoms with Crippen molar-refractivity contribution in [1.29, 1.82) is 0 Å². The van der Waals surface area contributed by atoms with Gasteiger partial charge >= 0.3 is 0 Å². The molecule has 146 valence electrons. The van der Waals surface area contributed by atoms with E-state index in [4.69, 9.17) is 14.5 Å². The lowest BCUT2D eigenvalue weighted by atomic mass is 10.0. The fraction of sp³-hybridized carbons (Fsp3) is 0.650. The van der Waals surface area contributed by atoms with Gasteiger partial charge in [0.15, 0.2) is 5.96 Å². The highest BCUT2D eigenvalue weighted by molar-refractivity contribution is 5.79. The molecule has 1 aromatic rings. The summed E-state index contributed by atoms with van der Waals surface area (Å²) in [5, 5.41) is 6.73. The number of benzene rings is 1. The van der Waals surface area contributed by atoms with E-state index in [1.54, 1.807) is 7.11 Å². The maximum Gasteiger partial charge on any atom is 0.191 e. The molecule has 0 bridgehead atoms. The predicted molar refractivity (Wildman–Crippen MR) is 107 cm³/mol. The molecule has 0 saturated carbocycles. The van der Waals surface area contributed by atoms with Gasteiger partial charge in [0, 0.05) is 39.9 Å². The Morgan fingerprint density at radius 1 is 1.31 bits per heavy atom. The molecule has 1 saturated heterocycles. The van der Waals surface area contributed by atoms with Gasteiger partial charge in [0.25, 0.3) is 0 Å². The first kappa shape index (κ1) is 20.7. The molecule has 26 heavy (non-hydrogen) atoms. The summed E-state index contributed by atoms with van der Waals surface area (Å²) in [7, 11) is 1.73. The number of nitrogens with one attached hydrogen (secondary N) is 2. The van der Waals surface area contributed by atoms with E-state index in [0.29, 0.717) is 0 Å². The summed E-state index contributed by atoms with van der Waals surface area (Å²) >= 11 is 0. The van der Waals surface area contributed by atoms with Gasteiger partial charge in [-0.25, -0.2) is 0 Å². The molecule has 0 radical (unpaired) electrons. The van der Waals surface area contributed by atoms with Crippen molar-refractivity contribution in [3.8, 4) is 0 Å². The fourth-order valence-corrected chi connectivity index (χ4v) is 3.14. The molecule has 1 fully saturated rings. The van der Waals surface area contributed by atoms with Crippen LogP contribution in [0.5, 0.6) is 0 Å². The second-order valence-electron chi connectivity index (χ2n) is 6.57. The van der Waals surface area contributed by atoms with E-state index in [2.05, 4.69) is 53.6 Å². The molecule has 6 heteroatoms. The number of methoxy groups -OCH3 is 1. The minimum Gasteiger partial charge on any atom is -0.385 e. The van der Waals surface area contributed by atoms with Crippen molar-refractivity contribution in [2.45, 2.75) is 26.3 Å². The van der Waals surface area contributed by atoms with Crippen molar-refractivity contribution in [2.24, 2.45) is 4.99 Å². The maximum atomic E-state index is 5.54. The smallest absolute Gasteiger partial charge is 0.191 e. The van der Waals surface area contributed by atoms with Crippen molar-refractivity contribution in [3.05, 3.63) is 35.4 Å². The Balaban J connectivity index is 2.07. The van der Waals surface area contributed by atoms with Crippen LogP contribution >= 0.6 is 0 Å². The van der Waals surface area contributed by atoms with E-state index in [0.717, 1.165) is 64.9 Å². The highest BCUT2D eigenvalue weighted by Crippen LogP contribution is 2.23. The zero-order chi connectivity index (χ0) is 18.6. The molecule has 0 spiro atoms. The first-order valence-corrected chi connectivity index (χ1v) is 9.64. The van der Waals surface area contributed by atoms with Crippen molar-refractivity contribution < 1.29 is 9.47 Å². The zero-order valence-electron chi connectivity index (χ0n) is 16.5. The van der Waals surface area contributed by atoms with Crippen LogP contribution in [0.4, 0.5) is 0 Å². The van der Waals surface area contributed by atoms with E-state index < -0.39 is 0 Å². The van der Waals surface area contributed by atoms with E-state index >= 15 is 0 Å². The van der Waals surface area contributed by atoms with Crippen molar-refractivity contribution >= 4 is 5.96 Å². The highest BCUT2D eigenvalue weighted by Gasteiger charge is 2.22. The molecule has 1 aromatic carbocycles. The van der Waals surface area contributed by atoms with Crippen LogP contribution in [0.1, 0.15) is 30.5 Å². The van der Waals surface area contributed by atoms with Gasteiger partial charge in [0.2, 0.25) is 0 Å². The molecule has 1 atom stereocenters. The number of hydrogen-bond donors (Lipinski definition) is 2. The van der Waals surface area contributed by atoms with Gasteiger partial charge in [-0.1, -0.05) is 29.8 Å². The largest absolute Gasteiger partial charge is 0.385 e. The minimum absolute atomic E-state index is 0.272. The van der Waals surface area contributed by atoms with Crippen LogP contribution in [0.25, 0.3) is 0 Å². The Bertz CT molecular complexity index is 544. The van der Waals surface area contributed by atoms with E-state index in [-0.39, 0.29) is 6.04 Å². The lowest BCUT2D eigenvalue weighted by Gasteiger charge is -2.34. The summed E-state index contributed by atoms with van der Waals surface area (Å²) in [4.78, 5) is 7.35. The van der Waals surface area contributed by atoms with Gasteiger partial charge in [-0.15, -0.1) is 0 Å². The minimum atomic E-state index is 0.272. The molecule has 2 rings (SSSR count). The Hall–Kier alpha value is -1.63. The highest BCUT2D eigenvalue weighted by atomic mass is 16.5. The molecule has 0 aliphatic carbocycles. The van der Waals surface area contributed by atoms with Crippen LogP contribution in [0.2, 0.25) is 0 Å². The van der Waals surface area contributed by atoms with Crippen LogP contribution in [0.15, 0.2) is 29.3 Å². The quantitative estimate of drug-likeness (QED) is 0.400. The SMILES string of the molecule is CCNC(=NCC(c1cccc(C)c1)N1CCOCC1)NCCCOC. The molecular formula is C20H34N4O2. The molecule has 1 unspecified atom stereocenters. The number of morpholine rings is 1. The standard InChI is InChI=1S/C20H34N4O2/c1-4-21-20(22-9-6-12-25-3)23-16-19(24-10-13-26-14-11-24)18-8-5-7-17(2)15-18/h5,7-8,15,19H,4,6,9-14,16H2,1-3H3,(H2,21,22,23). The second kappa shape index (κ2) is 11.9. The van der Waals surface area contributed by atoms with Crippen molar-refractivity contribution in [3.63, 3.8) is 0 Å². The molecule has 6 nitrogen and oxygen atoms in total. The summed E-state index contributed by atoms with van der Waals surface area (Å²) in [5.74, 6) is 0.870. The van der Waals surface area contributed by atoms with Crippen LogP contribution < -0.4 is 10.6 Å². The first-order valence-electron chi connectivity index (χ1n) is 9.64. The normalized spacial score (nSPS) is 17.1. The third-order valence-corrected chi connectivity index (χ3v) is 4.50. The van der Waals surface area contributed by atoms with Gasteiger partial charge in [-0.3, -0.25) is 9.89 Å². The molecule has 1 heterocycles. The lowest BCUT2D eigenvalue weighted by Crippen LogP contribution is -2.42. The van der Waals surface area contributed by atoms with Crippen molar-refractivity contribution in [2.75, 3.05) is 59.7 Å². The first-order chi connectivity index (χ1) is 12.7. The average Bonchev–Trinajstić information content (AvgIpc) is 2.66. The van der Waals surface area contributed by atoms with Gasteiger partial charge in [-0.2, -0.15) is 0 Å². The monoisotopic (exact) mass is 362 g/mol. The van der Waals surface area contributed by atoms with Gasteiger partial charge in [-0.05, 0) is 25.8 Å². The Labute approximate surface area is 158 Å². The summed E-state index contributed by atoms with van der Waals surface area (Å²) in [5.41, 5.74) is 2.61. The Morgan fingerprint density at radius 2 is 2.12 bits per heavy atom. The number of ether oxygens (including phenoxy) is 2. The molecule has 0 amide bonds.